The molecule has 3 heteroatoms. The number of rotatable bonds is 8. The first-order chi connectivity index (χ1) is 7.24. The minimum Gasteiger partial charge on any atom is -0.394 e. The highest BCUT2D eigenvalue weighted by atomic mass is 28.4. The summed E-state index contributed by atoms with van der Waals surface area (Å²) in [5.41, 5.74) is 0. The van der Waals surface area contributed by atoms with Gasteiger partial charge in [-0.25, -0.2) is 0 Å². The lowest BCUT2D eigenvalue weighted by atomic mass is 10.6. The van der Waals surface area contributed by atoms with E-state index >= 15 is 0 Å². The molecule has 0 rings (SSSR count). The maximum atomic E-state index is 5.89. The maximum absolute atomic E-state index is 5.89. The molecule has 0 saturated carbocycles. The van der Waals surface area contributed by atoms with E-state index in [1.807, 2.05) is 27.7 Å². The van der Waals surface area contributed by atoms with Crippen molar-refractivity contribution in [2.75, 3.05) is 13.2 Å². The highest BCUT2D eigenvalue weighted by Crippen LogP contribution is 2.20. The first-order valence-corrected chi connectivity index (χ1v) is 7.98. The van der Waals surface area contributed by atoms with E-state index in [0.29, 0.717) is 0 Å². The predicted molar refractivity (Wildman–Crippen MR) is 68.2 cm³/mol. The minimum atomic E-state index is -2.01. The second-order valence-corrected chi connectivity index (χ2v) is 6.54. The lowest BCUT2D eigenvalue weighted by molar-refractivity contribution is 0.188. The predicted octanol–water partition coefficient (Wildman–Crippen LogP) is 3.65. The maximum Gasteiger partial charge on any atom is 0.345 e. The molecule has 0 atom stereocenters. The molecule has 0 radical (unpaired) electrons. The van der Waals surface area contributed by atoms with E-state index in [-0.39, 0.29) is 0 Å². The summed E-state index contributed by atoms with van der Waals surface area (Å²) >= 11 is 0. The van der Waals surface area contributed by atoms with E-state index in [1.54, 1.807) is 0 Å². The Morgan fingerprint density at radius 3 is 1.53 bits per heavy atom. The van der Waals surface area contributed by atoms with Crippen LogP contribution in [0, 0.1) is 0 Å². The van der Waals surface area contributed by atoms with Gasteiger partial charge in [-0.1, -0.05) is 24.3 Å². The van der Waals surface area contributed by atoms with Crippen molar-refractivity contribution in [1.29, 1.82) is 0 Å². The van der Waals surface area contributed by atoms with Gasteiger partial charge < -0.3 is 8.85 Å². The molecule has 0 saturated heterocycles. The molecule has 0 fully saturated rings. The Morgan fingerprint density at radius 1 is 0.867 bits per heavy atom. The Balaban J connectivity index is 4.53. The summed E-state index contributed by atoms with van der Waals surface area (Å²) in [5.74, 6) is 0. The van der Waals surface area contributed by atoms with Crippen LogP contribution in [0.1, 0.15) is 27.7 Å². The quantitative estimate of drug-likeness (QED) is 0.466. The fourth-order valence-electron chi connectivity index (χ4n) is 1.48. The zero-order valence-electron chi connectivity index (χ0n) is 10.5. The van der Waals surface area contributed by atoms with Crippen molar-refractivity contribution in [3.63, 3.8) is 0 Å². The fraction of sp³-hybridized carbons (Fsp3) is 0.667. The van der Waals surface area contributed by atoms with E-state index in [9.17, 15) is 0 Å². The number of hydrogen-bond acceptors (Lipinski definition) is 2. The van der Waals surface area contributed by atoms with Gasteiger partial charge in [0.15, 0.2) is 0 Å². The van der Waals surface area contributed by atoms with Gasteiger partial charge in [0.25, 0.3) is 0 Å². The van der Waals surface area contributed by atoms with Crippen molar-refractivity contribution in [1.82, 2.24) is 0 Å². The average molecular weight is 228 g/mol. The second-order valence-electron chi connectivity index (χ2n) is 3.32. The molecular formula is C12H24O2Si. The summed E-state index contributed by atoms with van der Waals surface area (Å²) in [6, 6.07) is 1.88. The molecule has 0 heterocycles. The van der Waals surface area contributed by atoms with Gasteiger partial charge in [0, 0.05) is 25.3 Å². The summed E-state index contributed by atoms with van der Waals surface area (Å²) in [6.45, 7) is 9.61. The van der Waals surface area contributed by atoms with Gasteiger partial charge in [-0.15, -0.1) is 0 Å². The van der Waals surface area contributed by atoms with Crippen LogP contribution in [0.2, 0.25) is 12.1 Å². The van der Waals surface area contributed by atoms with Crippen molar-refractivity contribution < 1.29 is 8.85 Å². The Bertz CT molecular complexity index is 178. The summed E-state index contributed by atoms with van der Waals surface area (Å²) in [6.07, 6.45) is 8.44. The molecule has 0 amide bonds. The molecular weight excluding hydrogens is 204 g/mol. The molecule has 15 heavy (non-hydrogen) atoms. The topological polar surface area (TPSA) is 18.5 Å². The van der Waals surface area contributed by atoms with Gasteiger partial charge in [-0.2, -0.15) is 0 Å². The first kappa shape index (κ1) is 14.6. The highest BCUT2D eigenvalue weighted by molar-refractivity contribution is 6.68. The van der Waals surface area contributed by atoms with E-state index in [0.717, 1.165) is 25.3 Å². The Kier molecular flexibility index (Phi) is 8.66. The molecule has 0 N–H and O–H groups in total. The van der Waals surface area contributed by atoms with Crippen LogP contribution in [0.3, 0.4) is 0 Å². The minimum absolute atomic E-state index is 0.737. The third-order valence-electron chi connectivity index (χ3n) is 2.14. The Labute approximate surface area is 95.2 Å². The molecule has 0 aliphatic carbocycles. The molecule has 0 aromatic carbocycles. The molecule has 0 unspecified atom stereocenters. The van der Waals surface area contributed by atoms with Crippen LogP contribution >= 0.6 is 0 Å². The average Bonchev–Trinajstić information content (AvgIpc) is 2.24. The summed E-state index contributed by atoms with van der Waals surface area (Å²) in [7, 11) is -2.01. The Hall–Kier alpha value is -0.383. The zero-order chi connectivity index (χ0) is 11.6. The number of allylic oxidation sites excluding steroid dienone is 4. The number of hydrogen-bond donors (Lipinski definition) is 0. The van der Waals surface area contributed by atoms with Gasteiger partial charge in [-0.3, -0.25) is 0 Å². The normalized spacial score (nSPS) is 13.1. The van der Waals surface area contributed by atoms with Crippen LogP contribution in [0.15, 0.2) is 24.3 Å². The molecule has 88 valence electrons. The van der Waals surface area contributed by atoms with Crippen LogP contribution in [-0.2, 0) is 8.85 Å². The fourth-order valence-corrected chi connectivity index (χ4v) is 4.44. The monoisotopic (exact) mass is 228 g/mol. The van der Waals surface area contributed by atoms with E-state index in [4.69, 9.17) is 8.85 Å². The molecule has 0 aliphatic rings. The third-order valence-corrected chi connectivity index (χ3v) is 5.49. The van der Waals surface area contributed by atoms with Gasteiger partial charge >= 0.3 is 8.56 Å². The van der Waals surface area contributed by atoms with E-state index < -0.39 is 8.56 Å². The van der Waals surface area contributed by atoms with Gasteiger partial charge in [0.1, 0.15) is 0 Å². The van der Waals surface area contributed by atoms with Crippen molar-refractivity contribution >= 4 is 8.56 Å². The van der Waals surface area contributed by atoms with Crippen LogP contribution in [0.4, 0.5) is 0 Å². The largest absolute Gasteiger partial charge is 0.394 e. The third kappa shape index (κ3) is 5.92. The smallest absolute Gasteiger partial charge is 0.345 e. The molecule has 0 aliphatic heterocycles. The molecule has 0 spiro atoms. The zero-order valence-corrected chi connectivity index (χ0v) is 11.5. The van der Waals surface area contributed by atoms with Gasteiger partial charge in [0.05, 0.1) is 0 Å². The first-order valence-electron chi connectivity index (χ1n) is 5.74. The lowest BCUT2D eigenvalue weighted by Crippen LogP contribution is -2.41. The highest BCUT2D eigenvalue weighted by Gasteiger charge is 2.34. The van der Waals surface area contributed by atoms with Crippen molar-refractivity contribution in [3.8, 4) is 0 Å². The van der Waals surface area contributed by atoms with Crippen molar-refractivity contribution in [2.45, 2.75) is 39.8 Å². The SMILES string of the molecule is CC=CC[Si](CC=CC)(OCC)OCC. The van der Waals surface area contributed by atoms with Gasteiger partial charge in [-0.05, 0) is 27.7 Å². The standard InChI is InChI=1S/C12H24O2Si/c1-5-9-11-15(13-7-3,14-8-4)12-10-6-2/h5-6,9-10H,7-8,11-12H2,1-4H3. The van der Waals surface area contributed by atoms with E-state index in [1.165, 1.54) is 0 Å². The van der Waals surface area contributed by atoms with Crippen LogP contribution in [-0.4, -0.2) is 21.8 Å². The summed E-state index contributed by atoms with van der Waals surface area (Å²) in [5, 5.41) is 0. The second kappa shape index (κ2) is 8.89. The molecule has 0 bridgehead atoms. The van der Waals surface area contributed by atoms with E-state index in [2.05, 4.69) is 24.3 Å². The lowest BCUT2D eigenvalue weighted by Gasteiger charge is -2.28. The summed E-state index contributed by atoms with van der Waals surface area (Å²) in [4.78, 5) is 0. The molecule has 0 aromatic rings. The van der Waals surface area contributed by atoms with Gasteiger partial charge in [0.2, 0.25) is 0 Å². The van der Waals surface area contributed by atoms with Crippen LogP contribution < -0.4 is 0 Å². The molecule has 2 nitrogen and oxygen atoms in total. The van der Waals surface area contributed by atoms with Crippen LogP contribution in [0.5, 0.6) is 0 Å². The Morgan fingerprint density at radius 2 is 1.27 bits per heavy atom. The van der Waals surface area contributed by atoms with Crippen molar-refractivity contribution in [2.24, 2.45) is 0 Å². The van der Waals surface area contributed by atoms with Crippen LogP contribution in [0.25, 0.3) is 0 Å². The van der Waals surface area contributed by atoms with Crippen molar-refractivity contribution in [3.05, 3.63) is 24.3 Å². The molecule has 0 aromatic heterocycles. The summed E-state index contributed by atoms with van der Waals surface area (Å²) < 4.78 is 11.8.